The number of halogens is 3. The third-order valence-electron chi connectivity index (χ3n) is 3.78. The van der Waals surface area contributed by atoms with E-state index >= 15 is 0 Å². The SMILES string of the molecule is CC1(c2ccc(Cl)cc2)CC(Nc2ncc(Cl)cc2Cl)C(=O)O1. The lowest BCUT2D eigenvalue weighted by Crippen LogP contribution is -2.25. The molecule has 1 N–H and O–H groups in total. The Kier molecular flexibility index (Phi) is 4.41. The van der Waals surface area contributed by atoms with Crippen LogP contribution in [0.4, 0.5) is 5.82 Å². The summed E-state index contributed by atoms with van der Waals surface area (Å²) in [7, 11) is 0. The van der Waals surface area contributed by atoms with Crippen molar-refractivity contribution in [3.8, 4) is 0 Å². The second-order valence-electron chi connectivity index (χ2n) is 5.54. The molecule has 23 heavy (non-hydrogen) atoms. The van der Waals surface area contributed by atoms with E-state index < -0.39 is 11.6 Å². The van der Waals surface area contributed by atoms with Crippen molar-refractivity contribution >= 4 is 46.6 Å². The number of anilines is 1. The van der Waals surface area contributed by atoms with Crippen molar-refractivity contribution in [3.63, 3.8) is 0 Å². The monoisotopic (exact) mass is 370 g/mol. The van der Waals surface area contributed by atoms with Crippen molar-refractivity contribution in [3.05, 3.63) is 57.2 Å². The average molecular weight is 372 g/mol. The van der Waals surface area contributed by atoms with Gasteiger partial charge in [-0.05, 0) is 30.7 Å². The number of pyridine rings is 1. The van der Waals surface area contributed by atoms with E-state index in [4.69, 9.17) is 39.5 Å². The lowest BCUT2D eigenvalue weighted by atomic mass is 9.91. The van der Waals surface area contributed by atoms with Crippen LogP contribution in [0, 0.1) is 0 Å². The normalized spacial score (nSPS) is 23.7. The molecular formula is C16H13Cl3N2O2. The Hall–Kier alpha value is -1.49. The Morgan fingerprint density at radius 1 is 1.22 bits per heavy atom. The number of hydrogen-bond donors (Lipinski definition) is 1. The lowest BCUT2D eigenvalue weighted by molar-refractivity contribution is -0.148. The zero-order valence-corrected chi connectivity index (χ0v) is 14.4. The van der Waals surface area contributed by atoms with Gasteiger partial charge in [-0.3, -0.25) is 0 Å². The Morgan fingerprint density at radius 3 is 2.57 bits per heavy atom. The standard InChI is InChI=1S/C16H13Cl3N2O2/c1-16(9-2-4-10(17)5-3-9)7-13(15(22)23-16)21-14-12(19)6-11(18)8-20-14/h2-6,8,13H,7H2,1H3,(H,20,21). The van der Waals surface area contributed by atoms with Gasteiger partial charge < -0.3 is 10.1 Å². The third-order valence-corrected chi connectivity index (χ3v) is 4.52. The highest BCUT2D eigenvalue weighted by atomic mass is 35.5. The van der Waals surface area contributed by atoms with Gasteiger partial charge in [0.05, 0.1) is 10.0 Å². The van der Waals surface area contributed by atoms with Gasteiger partial charge in [0.1, 0.15) is 17.5 Å². The number of nitrogens with one attached hydrogen (secondary N) is 1. The molecule has 7 heteroatoms. The first-order valence-electron chi connectivity index (χ1n) is 6.94. The van der Waals surface area contributed by atoms with Gasteiger partial charge in [0.2, 0.25) is 0 Å². The van der Waals surface area contributed by atoms with Crippen LogP contribution >= 0.6 is 34.8 Å². The van der Waals surface area contributed by atoms with Gasteiger partial charge in [-0.2, -0.15) is 0 Å². The maximum Gasteiger partial charge on any atom is 0.329 e. The van der Waals surface area contributed by atoms with Crippen LogP contribution in [-0.2, 0) is 15.1 Å². The number of rotatable bonds is 3. The van der Waals surface area contributed by atoms with Crippen molar-refractivity contribution < 1.29 is 9.53 Å². The minimum atomic E-state index is -0.724. The Labute approximate surface area is 148 Å². The van der Waals surface area contributed by atoms with Crippen molar-refractivity contribution in [2.24, 2.45) is 0 Å². The largest absolute Gasteiger partial charge is 0.453 e. The van der Waals surface area contributed by atoms with Crippen LogP contribution in [0.5, 0.6) is 0 Å². The molecule has 1 aliphatic rings. The number of nitrogens with zero attached hydrogens (tertiary/aromatic N) is 1. The number of ether oxygens (including phenoxy) is 1. The molecule has 1 saturated heterocycles. The van der Waals surface area contributed by atoms with Crippen molar-refractivity contribution in [2.75, 3.05) is 5.32 Å². The number of benzene rings is 1. The van der Waals surface area contributed by atoms with Crippen LogP contribution in [-0.4, -0.2) is 17.0 Å². The fourth-order valence-corrected chi connectivity index (χ4v) is 3.14. The van der Waals surface area contributed by atoms with E-state index in [-0.39, 0.29) is 5.97 Å². The van der Waals surface area contributed by atoms with E-state index in [0.717, 1.165) is 5.56 Å². The van der Waals surface area contributed by atoms with E-state index in [1.165, 1.54) is 6.20 Å². The molecule has 0 radical (unpaired) electrons. The second kappa shape index (κ2) is 6.19. The summed E-state index contributed by atoms with van der Waals surface area (Å²) in [5.74, 6) is 0.0497. The first kappa shape index (κ1) is 16.4. The average Bonchev–Trinajstić information content (AvgIpc) is 2.78. The van der Waals surface area contributed by atoms with Crippen LogP contribution < -0.4 is 5.32 Å². The molecule has 0 aliphatic carbocycles. The van der Waals surface area contributed by atoms with Gasteiger partial charge in [-0.1, -0.05) is 46.9 Å². The number of aromatic nitrogens is 1. The minimum absolute atomic E-state index is 0.352. The highest BCUT2D eigenvalue weighted by molar-refractivity contribution is 6.36. The molecule has 0 amide bonds. The van der Waals surface area contributed by atoms with E-state index in [1.54, 1.807) is 18.2 Å². The highest BCUT2D eigenvalue weighted by Gasteiger charge is 2.45. The second-order valence-corrected chi connectivity index (χ2v) is 6.82. The van der Waals surface area contributed by atoms with Crippen LogP contribution in [0.25, 0.3) is 0 Å². The quantitative estimate of drug-likeness (QED) is 0.796. The first-order chi connectivity index (χ1) is 10.9. The Bertz CT molecular complexity index is 751. The molecule has 1 aromatic carbocycles. The van der Waals surface area contributed by atoms with Gasteiger partial charge >= 0.3 is 5.97 Å². The molecule has 3 rings (SSSR count). The molecule has 120 valence electrons. The summed E-state index contributed by atoms with van der Waals surface area (Å²) >= 11 is 17.8. The number of carbonyl (C=O) groups excluding carboxylic acids is 1. The zero-order chi connectivity index (χ0) is 16.6. The summed E-state index contributed by atoms with van der Waals surface area (Å²) in [5, 5.41) is 4.44. The van der Waals surface area contributed by atoms with Crippen molar-refractivity contribution in [2.45, 2.75) is 25.0 Å². The molecule has 1 aromatic heterocycles. The van der Waals surface area contributed by atoms with Crippen molar-refractivity contribution in [1.29, 1.82) is 0 Å². The summed E-state index contributed by atoms with van der Waals surface area (Å²) < 4.78 is 5.58. The molecule has 4 nitrogen and oxygen atoms in total. The van der Waals surface area contributed by atoms with E-state index in [0.29, 0.717) is 27.3 Å². The molecule has 1 fully saturated rings. The van der Waals surface area contributed by atoms with Crippen LogP contribution in [0.1, 0.15) is 18.9 Å². The van der Waals surface area contributed by atoms with E-state index in [2.05, 4.69) is 10.3 Å². The molecule has 0 spiro atoms. The number of esters is 1. The summed E-state index contributed by atoms with van der Waals surface area (Å²) in [6, 6.07) is 8.28. The van der Waals surface area contributed by atoms with E-state index in [1.807, 2.05) is 19.1 Å². The third kappa shape index (κ3) is 3.39. The minimum Gasteiger partial charge on any atom is -0.453 e. The molecule has 2 heterocycles. The predicted octanol–water partition coefficient (Wildman–Crippen LogP) is 4.68. The summed E-state index contributed by atoms with van der Waals surface area (Å²) in [6.45, 7) is 1.87. The molecule has 2 atom stereocenters. The Morgan fingerprint density at radius 2 is 1.91 bits per heavy atom. The number of cyclic esters (lactones) is 1. The molecule has 0 bridgehead atoms. The topological polar surface area (TPSA) is 51.2 Å². The van der Waals surface area contributed by atoms with E-state index in [9.17, 15) is 4.79 Å². The van der Waals surface area contributed by atoms with Gasteiger partial charge in [0.15, 0.2) is 0 Å². The molecule has 2 aromatic rings. The van der Waals surface area contributed by atoms with Gasteiger partial charge in [-0.25, -0.2) is 9.78 Å². The van der Waals surface area contributed by atoms with Crippen LogP contribution in [0.15, 0.2) is 36.5 Å². The lowest BCUT2D eigenvalue weighted by Gasteiger charge is -2.23. The molecular weight excluding hydrogens is 359 g/mol. The Balaban J connectivity index is 1.80. The van der Waals surface area contributed by atoms with Gasteiger partial charge in [0.25, 0.3) is 0 Å². The fraction of sp³-hybridized carbons (Fsp3) is 0.250. The molecule has 0 saturated carbocycles. The molecule has 1 aliphatic heterocycles. The van der Waals surface area contributed by atoms with Gasteiger partial charge in [-0.15, -0.1) is 0 Å². The van der Waals surface area contributed by atoms with Gasteiger partial charge in [0, 0.05) is 17.6 Å². The molecule has 2 unspecified atom stereocenters. The predicted molar refractivity (Wildman–Crippen MR) is 91.2 cm³/mol. The summed E-state index contributed by atoms with van der Waals surface area (Å²) in [4.78, 5) is 16.3. The first-order valence-corrected chi connectivity index (χ1v) is 8.07. The summed E-state index contributed by atoms with van der Waals surface area (Å²) in [5.41, 5.74) is 0.160. The maximum absolute atomic E-state index is 12.2. The number of hydrogen-bond acceptors (Lipinski definition) is 4. The zero-order valence-electron chi connectivity index (χ0n) is 12.1. The number of carbonyl (C=O) groups is 1. The van der Waals surface area contributed by atoms with Crippen molar-refractivity contribution in [1.82, 2.24) is 4.98 Å². The smallest absolute Gasteiger partial charge is 0.329 e. The maximum atomic E-state index is 12.2. The highest BCUT2D eigenvalue weighted by Crippen LogP contribution is 2.38. The summed E-state index contributed by atoms with van der Waals surface area (Å²) in [6.07, 6.45) is 1.92. The van der Waals surface area contributed by atoms with Crippen LogP contribution in [0.3, 0.4) is 0 Å². The van der Waals surface area contributed by atoms with Crippen LogP contribution in [0.2, 0.25) is 15.1 Å². The fourth-order valence-electron chi connectivity index (χ4n) is 2.58.